The molecule has 4 nitrogen and oxygen atoms in total. The summed E-state index contributed by atoms with van der Waals surface area (Å²) in [5.74, 6) is -0.513. The maximum atomic E-state index is 11.9. The van der Waals surface area contributed by atoms with E-state index in [1.807, 2.05) is 42.5 Å². The highest BCUT2D eigenvalue weighted by Crippen LogP contribution is 2.19. The lowest BCUT2D eigenvalue weighted by Crippen LogP contribution is -2.12. The monoisotopic (exact) mass is 278 g/mol. The second-order valence-corrected chi connectivity index (χ2v) is 4.64. The predicted octanol–water partition coefficient (Wildman–Crippen LogP) is 3.61. The summed E-state index contributed by atoms with van der Waals surface area (Å²) in [6.07, 6.45) is 0. The number of nitrogen functional groups attached to an aromatic ring is 1. The van der Waals surface area contributed by atoms with Crippen LogP contribution in [0.1, 0.15) is 10.4 Å². The van der Waals surface area contributed by atoms with Gasteiger partial charge < -0.3 is 10.6 Å². The zero-order valence-corrected chi connectivity index (χ0v) is 11.2. The van der Waals surface area contributed by atoms with E-state index in [4.69, 9.17) is 10.6 Å². The van der Waals surface area contributed by atoms with E-state index in [2.05, 4.69) is 5.48 Å². The van der Waals surface area contributed by atoms with Gasteiger partial charge in [0.2, 0.25) is 0 Å². The first kappa shape index (κ1) is 13.0. The fourth-order valence-corrected chi connectivity index (χ4v) is 2.10. The Balaban J connectivity index is 1.74. The summed E-state index contributed by atoms with van der Waals surface area (Å²) in [6, 6.07) is 20.5. The third kappa shape index (κ3) is 2.79. The summed E-state index contributed by atoms with van der Waals surface area (Å²) < 4.78 is 0. The molecule has 3 N–H and O–H groups in total. The molecular formula is C17H14N2O2. The molecule has 3 aromatic rings. The van der Waals surface area contributed by atoms with Gasteiger partial charge in [-0.25, -0.2) is 10.3 Å². The van der Waals surface area contributed by atoms with Crippen LogP contribution in [0.5, 0.6) is 0 Å². The van der Waals surface area contributed by atoms with E-state index >= 15 is 0 Å². The van der Waals surface area contributed by atoms with Crippen LogP contribution in [0.4, 0.5) is 11.4 Å². The molecule has 0 bridgehead atoms. The largest absolute Gasteiger partial charge is 0.398 e. The molecule has 3 aromatic carbocycles. The van der Waals surface area contributed by atoms with Gasteiger partial charge in [0.05, 0.1) is 11.3 Å². The van der Waals surface area contributed by atoms with Crippen LogP contribution in [0.25, 0.3) is 10.8 Å². The smallest absolute Gasteiger partial charge is 0.364 e. The maximum Gasteiger partial charge on any atom is 0.364 e. The summed E-state index contributed by atoms with van der Waals surface area (Å²) in [6.45, 7) is 0. The van der Waals surface area contributed by atoms with Crippen LogP contribution in [0.2, 0.25) is 0 Å². The van der Waals surface area contributed by atoms with Crippen molar-refractivity contribution in [2.75, 3.05) is 11.2 Å². The molecule has 3 rings (SSSR count). The number of rotatable bonds is 3. The number of fused-ring (bicyclic) bond motifs is 1. The van der Waals surface area contributed by atoms with Gasteiger partial charge in [-0.3, -0.25) is 0 Å². The molecule has 21 heavy (non-hydrogen) atoms. The minimum Gasteiger partial charge on any atom is -0.398 e. The third-order valence-electron chi connectivity index (χ3n) is 3.19. The van der Waals surface area contributed by atoms with Gasteiger partial charge in [0.25, 0.3) is 0 Å². The molecule has 0 unspecified atom stereocenters. The van der Waals surface area contributed by atoms with E-state index in [0.29, 0.717) is 16.9 Å². The van der Waals surface area contributed by atoms with Gasteiger partial charge in [0.1, 0.15) is 0 Å². The molecule has 0 aromatic heterocycles. The zero-order valence-electron chi connectivity index (χ0n) is 11.2. The number of anilines is 2. The van der Waals surface area contributed by atoms with Crippen molar-refractivity contribution in [1.82, 2.24) is 0 Å². The molecule has 104 valence electrons. The molecule has 0 atom stereocenters. The van der Waals surface area contributed by atoms with Crippen molar-refractivity contribution in [3.63, 3.8) is 0 Å². The standard InChI is InChI=1S/C17H14N2O2/c18-16-8-4-3-7-15(16)17(20)21-19-14-10-9-12-5-1-2-6-13(12)11-14/h1-11,19H,18H2. The van der Waals surface area contributed by atoms with Crippen LogP contribution in [-0.4, -0.2) is 5.97 Å². The van der Waals surface area contributed by atoms with Gasteiger partial charge in [0.15, 0.2) is 0 Å². The Labute approximate surface area is 122 Å². The summed E-state index contributed by atoms with van der Waals surface area (Å²) in [5.41, 5.74) is 9.83. The minimum absolute atomic E-state index is 0.339. The molecule has 0 heterocycles. The van der Waals surface area contributed by atoms with E-state index < -0.39 is 5.97 Å². The van der Waals surface area contributed by atoms with Crippen LogP contribution in [0, 0.1) is 0 Å². The predicted molar refractivity (Wildman–Crippen MR) is 83.8 cm³/mol. The molecule has 0 fully saturated rings. The van der Waals surface area contributed by atoms with Crippen LogP contribution < -0.4 is 11.2 Å². The lowest BCUT2D eigenvalue weighted by molar-refractivity contribution is 0.0597. The highest BCUT2D eigenvalue weighted by atomic mass is 16.7. The lowest BCUT2D eigenvalue weighted by atomic mass is 10.1. The van der Waals surface area contributed by atoms with Crippen molar-refractivity contribution < 1.29 is 9.63 Å². The Hall–Kier alpha value is -3.01. The molecule has 0 saturated heterocycles. The van der Waals surface area contributed by atoms with Crippen molar-refractivity contribution in [3.8, 4) is 0 Å². The molecule has 4 heteroatoms. The van der Waals surface area contributed by atoms with Crippen molar-refractivity contribution >= 4 is 28.1 Å². The average molecular weight is 278 g/mol. The minimum atomic E-state index is -0.513. The van der Waals surface area contributed by atoms with Gasteiger partial charge >= 0.3 is 5.97 Å². The zero-order chi connectivity index (χ0) is 14.7. The Morgan fingerprint density at radius 3 is 2.43 bits per heavy atom. The van der Waals surface area contributed by atoms with Crippen molar-refractivity contribution in [1.29, 1.82) is 0 Å². The number of benzene rings is 3. The topological polar surface area (TPSA) is 64.4 Å². The second-order valence-electron chi connectivity index (χ2n) is 4.64. The molecular weight excluding hydrogens is 264 g/mol. The molecule has 0 aliphatic rings. The Bertz CT molecular complexity index is 799. The van der Waals surface area contributed by atoms with E-state index in [0.717, 1.165) is 10.8 Å². The van der Waals surface area contributed by atoms with Gasteiger partial charge in [-0.1, -0.05) is 42.5 Å². The van der Waals surface area contributed by atoms with E-state index in [1.165, 1.54) is 0 Å². The van der Waals surface area contributed by atoms with Gasteiger partial charge in [-0.2, -0.15) is 0 Å². The van der Waals surface area contributed by atoms with Crippen LogP contribution in [0.3, 0.4) is 0 Å². The molecule has 0 saturated carbocycles. The van der Waals surface area contributed by atoms with E-state index in [1.54, 1.807) is 24.3 Å². The third-order valence-corrected chi connectivity index (χ3v) is 3.19. The average Bonchev–Trinajstić information content (AvgIpc) is 2.53. The number of carbonyl (C=O) groups excluding carboxylic acids is 1. The summed E-state index contributed by atoms with van der Waals surface area (Å²) in [4.78, 5) is 17.0. The number of para-hydroxylation sites is 1. The summed E-state index contributed by atoms with van der Waals surface area (Å²) in [7, 11) is 0. The Morgan fingerprint density at radius 2 is 1.62 bits per heavy atom. The Kier molecular flexibility index (Phi) is 3.43. The quantitative estimate of drug-likeness (QED) is 0.567. The van der Waals surface area contributed by atoms with Crippen LogP contribution >= 0.6 is 0 Å². The first-order valence-corrected chi connectivity index (χ1v) is 6.54. The van der Waals surface area contributed by atoms with Gasteiger partial charge in [0, 0.05) is 5.69 Å². The molecule has 0 spiro atoms. The lowest BCUT2D eigenvalue weighted by Gasteiger charge is -2.09. The fraction of sp³-hybridized carbons (Fsp3) is 0. The van der Waals surface area contributed by atoms with E-state index in [-0.39, 0.29) is 0 Å². The Morgan fingerprint density at radius 1 is 0.905 bits per heavy atom. The van der Waals surface area contributed by atoms with Crippen LogP contribution in [0.15, 0.2) is 66.7 Å². The maximum absolute atomic E-state index is 11.9. The number of hydrogen-bond acceptors (Lipinski definition) is 4. The molecule has 0 amide bonds. The number of carbonyl (C=O) groups is 1. The van der Waals surface area contributed by atoms with Gasteiger partial charge in [-0.15, -0.1) is 0 Å². The molecule has 0 aliphatic carbocycles. The van der Waals surface area contributed by atoms with Crippen LogP contribution in [-0.2, 0) is 4.84 Å². The summed E-state index contributed by atoms with van der Waals surface area (Å²) in [5, 5.41) is 2.19. The normalized spacial score (nSPS) is 10.3. The van der Waals surface area contributed by atoms with Crippen molar-refractivity contribution in [2.24, 2.45) is 0 Å². The number of nitrogens with two attached hydrogens (primary N) is 1. The van der Waals surface area contributed by atoms with Crippen molar-refractivity contribution in [2.45, 2.75) is 0 Å². The highest BCUT2D eigenvalue weighted by Gasteiger charge is 2.10. The van der Waals surface area contributed by atoms with Crippen molar-refractivity contribution in [3.05, 3.63) is 72.3 Å². The second kappa shape index (κ2) is 5.54. The molecule has 0 aliphatic heterocycles. The first-order chi connectivity index (χ1) is 10.2. The number of nitrogens with one attached hydrogen (secondary N) is 1. The van der Waals surface area contributed by atoms with Gasteiger partial charge in [-0.05, 0) is 35.0 Å². The SMILES string of the molecule is Nc1ccccc1C(=O)ONc1ccc2ccccc2c1. The molecule has 0 radical (unpaired) electrons. The summed E-state index contributed by atoms with van der Waals surface area (Å²) >= 11 is 0. The highest BCUT2D eigenvalue weighted by molar-refractivity contribution is 5.95. The first-order valence-electron chi connectivity index (χ1n) is 6.54. The fourth-order valence-electron chi connectivity index (χ4n) is 2.10. The number of hydrogen-bond donors (Lipinski definition) is 2. The van der Waals surface area contributed by atoms with E-state index in [9.17, 15) is 4.79 Å².